The van der Waals surface area contributed by atoms with Gasteiger partial charge in [-0.25, -0.2) is 0 Å². The van der Waals surface area contributed by atoms with Gasteiger partial charge in [0.2, 0.25) is 5.91 Å². The fourth-order valence-electron chi connectivity index (χ4n) is 1.03. The highest BCUT2D eigenvalue weighted by Crippen LogP contribution is 2.10. The van der Waals surface area contributed by atoms with Crippen molar-refractivity contribution in [3.05, 3.63) is 37.5 Å². The van der Waals surface area contributed by atoms with E-state index in [1.165, 1.54) is 0 Å². The average Bonchev–Trinajstić information content (AvgIpc) is 2.04. The van der Waals surface area contributed by atoms with Gasteiger partial charge in [0, 0.05) is 18.4 Å². The summed E-state index contributed by atoms with van der Waals surface area (Å²) in [5, 5.41) is 2.69. The summed E-state index contributed by atoms with van der Waals surface area (Å²) < 4.78 is 0. The molecule has 3 nitrogen and oxygen atoms in total. The second-order valence-electron chi connectivity index (χ2n) is 3.38. The Kier molecular flexibility index (Phi) is 4.87. The van der Waals surface area contributed by atoms with E-state index in [9.17, 15) is 4.79 Å². The molecule has 3 heteroatoms. The second-order valence-corrected chi connectivity index (χ2v) is 3.38. The smallest absolute Gasteiger partial charge is 0.247 e. The topological polar surface area (TPSA) is 55.1 Å². The molecule has 0 saturated heterocycles. The van der Waals surface area contributed by atoms with E-state index in [1.807, 2.05) is 0 Å². The molecule has 0 rings (SSSR count). The number of carbonyl (C=O) groups excluding carboxylic acids is 1. The van der Waals surface area contributed by atoms with Gasteiger partial charge in [0.1, 0.15) is 0 Å². The van der Waals surface area contributed by atoms with E-state index < -0.39 is 5.66 Å². The van der Waals surface area contributed by atoms with Crippen LogP contribution >= 0.6 is 0 Å². The summed E-state index contributed by atoms with van der Waals surface area (Å²) in [6.45, 7) is 12.4. The zero-order valence-corrected chi connectivity index (χ0v) is 8.68. The number of hydrogen-bond donors (Lipinski definition) is 2. The van der Waals surface area contributed by atoms with E-state index in [2.05, 4.69) is 25.1 Å². The zero-order valence-electron chi connectivity index (χ0n) is 8.68. The van der Waals surface area contributed by atoms with Crippen molar-refractivity contribution in [1.82, 2.24) is 5.32 Å². The minimum absolute atomic E-state index is 0.240. The van der Waals surface area contributed by atoms with Crippen molar-refractivity contribution in [2.24, 2.45) is 5.73 Å². The Balaban J connectivity index is 4.49. The lowest BCUT2D eigenvalue weighted by atomic mass is 10.0. The van der Waals surface area contributed by atoms with Crippen molar-refractivity contribution in [3.8, 4) is 0 Å². The van der Waals surface area contributed by atoms with E-state index in [-0.39, 0.29) is 5.91 Å². The van der Waals surface area contributed by atoms with Crippen LogP contribution in [0.4, 0.5) is 0 Å². The lowest BCUT2D eigenvalue weighted by molar-refractivity contribution is -0.119. The quantitative estimate of drug-likeness (QED) is 0.382. The lowest BCUT2D eigenvalue weighted by Gasteiger charge is -2.28. The molecule has 0 heterocycles. The third kappa shape index (κ3) is 4.05. The van der Waals surface area contributed by atoms with Gasteiger partial charge in [0.15, 0.2) is 0 Å². The minimum Gasteiger partial charge on any atom is -0.334 e. The molecule has 0 aromatic carbocycles. The summed E-state index contributed by atoms with van der Waals surface area (Å²) in [4.78, 5) is 11.3. The van der Waals surface area contributed by atoms with Gasteiger partial charge in [0.05, 0.1) is 5.66 Å². The van der Waals surface area contributed by atoms with Crippen LogP contribution in [0, 0.1) is 0 Å². The first kappa shape index (κ1) is 12.7. The molecule has 0 saturated carbocycles. The average molecular weight is 194 g/mol. The van der Waals surface area contributed by atoms with E-state index >= 15 is 0 Å². The first-order valence-electron chi connectivity index (χ1n) is 4.44. The largest absolute Gasteiger partial charge is 0.334 e. The van der Waals surface area contributed by atoms with Crippen LogP contribution in [-0.2, 0) is 4.79 Å². The molecule has 0 bridgehead atoms. The predicted octanol–water partition coefficient (Wildman–Crippen LogP) is 1.49. The number of rotatable bonds is 6. The van der Waals surface area contributed by atoms with Crippen molar-refractivity contribution >= 4 is 5.91 Å². The number of amides is 1. The summed E-state index contributed by atoms with van der Waals surface area (Å²) in [5.74, 6) is -0.240. The molecule has 0 radical (unpaired) electrons. The van der Waals surface area contributed by atoms with Gasteiger partial charge in [0.25, 0.3) is 0 Å². The fraction of sp³-hybridized carbons (Fsp3) is 0.364. The maximum Gasteiger partial charge on any atom is 0.247 e. The molecule has 3 N–H and O–H groups in total. The highest BCUT2D eigenvalue weighted by Gasteiger charge is 2.23. The van der Waals surface area contributed by atoms with E-state index in [0.29, 0.717) is 18.4 Å². The van der Waals surface area contributed by atoms with Gasteiger partial charge in [-0.05, 0) is 6.92 Å². The van der Waals surface area contributed by atoms with Gasteiger partial charge in [-0.3, -0.25) is 4.79 Å². The van der Waals surface area contributed by atoms with E-state index in [4.69, 9.17) is 5.73 Å². The summed E-state index contributed by atoms with van der Waals surface area (Å²) in [5.41, 5.74) is 5.59. The molecule has 0 aliphatic carbocycles. The highest BCUT2D eigenvalue weighted by molar-refractivity contribution is 5.92. The Bertz CT molecular complexity index is 246. The Morgan fingerprint density at radius 3 is 2.14 bits per heavy atom. The molecule has 0 aromatic heterocycles. The maximum absolute atomic E-state index is 11.3. The van der Waals surface area contributed by atoms with Crippen molar-refractivity contribution in [1.29, 1.82) is 0 Å². The number of nitrogens with one attached hydrogen (secondary N) is 1. The van der Waals surface area contributed by atoms with Gasteiger partial charge >= 0.3 is 0 Å². The van der Waals surface area contributed by atoms with Gasteiger partial charge in [-0.15, -0.1) is 13.2 Å². The predicted molar refractivity (Wildman–Crippen MR) is 59.5 cm³/mol. The molecule has 0 atom stereocenters. The van der Waals surface area contributed by atoms with E-state index in [0.717, 1.165) is 0 Å². The van der Waals surface area contributed by atoms with Crippen molar-refractivity contribution in [2.45, 2.75) is 25.4 Å². The van der Waals surface area contributed by atoms with Crippen molar-refractivity contribution in [3.63, 3.8) is 0 Å². The molecule has 0 aromatic rings. The summed E-state index contributed by atoms with van der Waals surface area (Å²) in [6.07, 6.45) is 4.33. The van der Waals surface area contributed by atoms with Crippen LogP contribution in [0.2, 0.25) is 0 Å². The Hall–Kier alpha value is -1.35. The maximum atomic E-state index is 11.3. The van der Waals surface area contributed by atoms with Crippen LogP contribution in [0.1, 0.15) is 19.8 Å². The number of nitrogens with two attached hydrogens (primary N) is 1. The molecule has 0 aliphatic heterocycles. The van der Waals surface area contributed by atoms with Crippen LogP contribution in [0.3, 0.4) is 0 Å². The van der Waals surface area contributed by atoms with Gasteiger partial charge in [-0.2, -0.15) is 0 Å². The Morgan fingerprint density at radius 2 is 1.86 bits per heavy atom. The molecule has 78 valence electrons. The summed E-state index contributed by atoms with van der Waals surface area (Å²) in [6, 6.07) is 0. The molecule has 1 amide bonds. The third-order valence-electron chi connectivity index (χ3n) is 1.77. The standard InChI is InChI=1S/C11H18N2O/c1-5-7-11(12,8-6-2)13-10(14)9(3)4/h5-6H,1-3,7-8,12H2,4H3,(H,13,14). The first-order valence-corrected chi connectivity index (χ1v) is 4.44. The van der Waals surface area contributed by atoms with Crippen molar-refractivity contribution in [2.75, 3.05) is 0 Å². The number of hydrogen-bond acceptors (Lipinski definition) is 2. The molecular weight excluding hydrogens is 176 g/mol. The third-order valence-corrected chi connectivity index (χ3v) is 1.77. The number of carbonyl (C=O) groups is 1. The van der Waals surface area contributed by atoms with Crippen LogP contribution in [0.25, 0.3) is 0 Å². The normalized spacial score (nSPS) is 10.4. The fourth-order valence-corrected chi connectivity index (χ4v) is 1.03. The highest BCUT2D eigenvalue weighted by atomic mass is 16.1. The lowest BCUT2D eigenvalue weighted by Crippen LogP contribution is -2.55. The molecule has 0 spiro atoms. The van der Waals surface area contributed by atoms with Crippen LogP contribution < -0.4 is 11.1 Å². The molecule has 14 heavy (non-hydrogen) atoms. The zero-order chi connectivity index (χ0) is 11.2. The Morgan fingerprint density at radius 1 is 1.43 bits per heavy atom. The molecule has 0 aliphatic rings. The van der Waals surface area contributed by atoms with Crippen LogP contribution in [0.15, 0.2) is 37.5 Å². The summed E-state index contributed by atoms with van der Waals surface area (Å²) >= 11 is 0. The molecule has 0 unspecified atom stereocenters. The second kappa shape index (κ2) is 5.40. The van der Waals surface area contributed by atoms with Crippen molar-refractivity contribution < 1.29 is 4.79 Å². The monoisotopic (exact) mass is 194 g/mol. The SMILES string of the molecule is C=CCC(N)(CC=C)NC(=O)C(=C)C. The minimum atomic E-state index is -0.792. The molecular formula is C11H18N2O. The Labute approximate surface area is 85.4 Å². The van der Waals surface area contributed by atoms with Crippen LogP contribution in [0.5, 0.6) is 0 Å². The van der Waals surface area contributed by atoms with Crippen LogP contribution in [-0.4, -0.2) is 11.6 Å². The van der Waals surface area contributed by atoms with Gasteiger partial charge in [-0.1, -0.05) is 18.7 Å². The first-order chi connectivity index (χ1) is 6.45. The molecule has 0 fully saturated rings. The van der Waals surface area contributed by atoms with E-state index in [1.54, 1.807) is 19.1 Å². The van der Waals surface area contributed by atoms with Gasteiger partial charge < -0.3 is 11.1 Å². The summed E-state index contributed by atoms with van der Waals surface area (Å²) in [7, 11) is 0.